The fraction of sp³-hybridized carbons (Fsp3) is 0.600. The molecule has 5 nitrogen and oxygen atoms in total. The second kappa shape index (κ2) is 8.89. The molecule has 1 saturated heterocycles. The first-order chi connectivity index (χ1) is 12.6. The van der Waals surface area contributed by atoms with E-state index >= 15 is 0 Å². The molecule has 142 valence electrons. The third-order valence-electron chi connectivity index (χ3n) is 5.26. The molecular weight excluding hydrogens is 392 g/mol. The van der Waals surface area contributed by atoms with Gasteiger partial charge in [-0.3, -0.25) is 9.79 Å². The highest BCUT2D eigenvalue weighted by Crippen LogP contribution is 2.48. The molecule has 0 aromatic heterocycles. The minimum atomic E-state index is 0.178. The van der Waals surface area contributed by atoms with Gasteiger partial charge in [-0.1, -0.05) is 28.1 Å². The Morgan fingerprint density at radius 2 is 2.04 bits per heavy atom. The van der Waals surface area contributed by atoms with Crippen LogP contribution < -0.4 is 10.6 Å². The van der Waals surface area contributed by atoms with Crippen molar-refractivity contribution in [2.75, 3.05) is 32.7 Å². The van der Waals surface area contributed by atoms with Gasteiger partial charge in [-0.25, -0.2) is 0 Å². The third-order valence-corrected chi connectivity index (χ3v) is 5.76. The number of carbonyl (C=O) groups excluding carboxylic acids is 1. The summed E-state index contributed by atoms with van der Waals surface area (Å²) in [6.45, 7) is 6.12. The van der Waals surface area contributed by atoms with Gasteiger partial charge in [-0.15, -0.1) is 0 Å². The normalized spacial score (nSPS) is 18.7. The molecule has 0 bridgehead atoms. The molecule has 0 atom stereocenters. The predicted molar refractivity (Wildman–Crippen MR) is 109 cm³/mol. The maximum Gasteiger partial charge on any atom is 0.224 e. The van der Waals surface area contributed by atoms with Crippen molar-refractivity contribution < 1.29 is 4.79 Å². The van der Waals surface area contributed by atoms with Crippen molar-refractivity contribution in [2.24, 2.45) is 4.99 Å². The van der Waals surface area contributed by atoms with Crippen molar-refractivity contribution in [1.29, 1.82) is 0 Å². The summed E-state index contributed by atoms with van der Waals surface area (Å²) >= 11 is 3.57. The summed E-state index contributed by atoms with van der Waals surface area (Å²) in [4.78, 5) is 18.9. The Balaban J connectivity index is 1.53. The van der Waals surface area contributed by atoms with E-state index in [1.165, 1.54) is 18.4 Å². The number of benzene rings is 1. The van der Waals surface area contributed by atoms with Gasteiger partial charge in [0.05, 0.1) is 6.54 Å². The first kappa shape index (κ1) is 19.2. The van der Waals surface area contributed by atoms with Crippen LogP contribution in [0.4, 0.5) is 0 Å². The molecule has 2 N–H and O–H groups in total. The molecule has 1 aromatic rings. The minimum Gasteiger partial charge on any atom is -0.357 e. The predicted octanol–water partition coefficient (Wildman–Crippen LogP) is 3.05. The fourth-order valence-corrected chi connectivity index (χ4v) is 3.89. The van der Waals surface area contributed by atoms with Gasteiger partial charge in [0.25, 0.3) is 0 Å². The molecule has 1 aromatic carbocycles. The summed E-state index contributed by atoms with van der Waals surface area (Å²) in [7, 11) is 0. The largest absolute Gasteiger partial charge is 0.357 e. The van der Waals surface area contributed by atoms with E-state index < -0.39 is 0 Å². The number of nitrogens with one attached hydrogen (secondary N) is 2. The number of nitrogens with zero attached hydrogens (tertiary/aromatic N) is 2. The van der Waals surface area contributed by atoms with Crippen LogP contribution in [0.3, 0.4) is 0 Å². The monoisotopic (exact) mass is 420 g/mol. The average molecular weight is 421 g/mol. The number of hydrogen-bond donors (Lipinski definition) is 2. The highest BCUT2D eigenvalue weighted by molar-refractivity contribution is 9.10. The van der Waals surface area contributed by atoms with E-state index in [1.807, 2.05) is 4.90 Å². The first-order valence-corrected chi connectivity index (χ1v) is 10.5. The first-order valence-electron chi connectivity index (χ1n) is 9.69. The second-order valence-corrected chi connectivity index (χ2v) is 8.17. The zero-order chi connectivity index (χ0) is 18.4. The lowest BCUT2D eigenvalue weighted by molar-refractivity contribution is -0.129. The number of carbonyl (C=O) groups is 1. The van der Waals surface area contributed by atoms with Gasteiger partial charge < -0.3 is 15.5 Å². The van der Waals surface area contributed by atoms with Crippen LogP contribution in [0.15, 0.2) is 33.7 Å². The van der Waals surface area contributed by atoms with Crippen LogP contribution in [-0.4, -0.2) is 49.5 Å². The molecule has 2 aliphatic rings. The Kier molecular flexibility index (Phi) is 6.57. The molecule has 1 amide bonds. The number of rotatable bonds is 7. The Bertz CT molecular complexity index is 651. The van der Waals surface area contributed by atoms with E-state index in [2.05, 4.69) is 57.8 Å². The van der Waals surface area contributed by atoms with Crippen LogP contribution in [0.2, 0.25) is 0 Å². The lowest BCUT2D eigenvalue weighted by atomic mass is 9.96. The van der Waals surface area contributed by atoms with Gasteiger partial charge in [-0.2, -0.15) is 0 Å². The van der Waals surface area contributed by atoms with Gasteiger partial charge in [0.15, 0.2) is 5.96 Å². The van der Waals surface area contributed by atoms with Crippen molar-refractivity contribution in [2.45, 2.75) is 44.4 Å². The van der Waals surface area contributed by atoms with Crippen LogP contribution in [0, 0.1) is 0 Å². The third kappa shape index (κ3) is 5.00. The maximum absolute atomic E-state index is 12.1. The number of aliphatic imine (C=N–C) groups is 1. The number of halogens is 1. The highest BCUT2D eigenvalue weighted by Gasteiger charge is 2.44. The van der Waals surface area contributed by atoms with Gasteiger partial charge >= 0.3 is 0 Å². The van der Waals surface area contributed by atoms with E-state index in [9.17, 15) is 4.79 Å². The zero-order valence-corrected chi connectivity index (χ0v) is 17.1. The molecule has 0 spiro atoms. The summed E-state index contributed by atoms with van der Waals surface area (Å²) < 4.78 is 1.12. The summed E-state index contributed by atoms with van der Waals surface area (Å²) in [5.41, 5.74) is 1.54. The number of guanidine groups is 1. The quantitative estimate of drug-likeness (QED) is 0.526. The Hall–Kier alpha value is -1.56. The standard InChI is InChI=1S/C20H29BrN4O/c1-2-22-19(23-11-8-18(26)25-12-3-4-13-25)24-15-20(9-10-20)16-6-5-7-17(21)14-16/h5-7,14H,2-4,8-13,15H2,1H3,(H2,22,23,24). The lowest BCUT2D eigenvalue weighted by Crippen LogP contribution is -2.40. The molecule has 26 heavy (non-hydrogen) atoms. The lowest BCUT2D eigenvalue weighted by Gasteiger charge is -2.18. The van der Waals surface area contributed by atoms with E-state index in [-0.39, 0.29) is 11.3 Å². The minimum absolute atomic E-state index is 0.178. The topological polar surface area (TPSA) is 56.7 Å². The second-order valence-electron chi connectivity index (χ2n) is 7.25. The molecule has 1 aliphatic heterocycles. The Labute approximate surface area is 164 Å². The fourth-order valence-electron chi connectivity index (χ4n) is 3.49. The maximum atomic E-state index is 12.1. The molecule has 2 fully saturated rings. The highest BCUT2D eigenvalue weighted by atomic mass is 79.9. The van der Waals surface area contributed by atoms with Crippen molar-refractivity contribution >= 4 is 27.8 Å². The van der Waals surface area contributed by atoms with E-state index in [4.69, 9.17) is 4.99 Å². The van der Waals surface area contributed by atoms with Crippen LogP contribution >= 0.6 is 15.9 Å². The summed E-state index contributed by atoms with van der Waals surface area (Å²) in [5.74, 6) is 1.06. The molecule has 1 aliphatic carbocycles. The number of amides is 1. The molecule has 3 rings (SSSR count). The van der Waals surface area contributed by atoms with Gasteiger partial charge in [0, 0.05) is 42.5 Å². The summed E-state index contributed by atoms with van der Waals surface area (Å²) in [5, 5.41) is 6.61. The molecular formula is C20H29BrN4O. The van der Waals surface area contributed by atoms with Crippen LogP contribution in [0.5, 0.6) is 0 Å². The van der Waals surface area contributed by atoms with Crippen molar-refractivity contribution in [3.63, 3.8) is 0 Å². The van der Waals surface area contributed by atoms with Gasteiger partial charge in [-0.05, 0) is 50.3 Å². The molecule has 0 unspecified atom stereocenters. The Morgan fingerprint density at radius 1 is 1.27 bits per heavy atom. The van der Waals surface area contributed by atoms with Gasteiger partial charge in [0.2, 0.25) is 5.91 Å². The molecule has 6 heteroatoms. The van der Waals surface area contributed by atoms with Crippen LogP contribution in [0.25, 0.3) is 0 Å². The Morgan fingerprint density at radius 3 is 2.69 bits per heavy atom. The smallest absolute Gasteiger partial charge is 0.224 e. The molecule has 1 heterocycles. The van der Waals surface area contributed by atoms with Crippen molar-refractivity contribution in [1.82, 2.24) is 15.5 Å². The van der Waals surface area contributed by atoms with E-state index in [0.29, 0.717) is 13.0 Å². The summed E-state index contributed by atoms with van der Waals surface area (Å²) in [6, 6.07) is 8.56. The van der Waals surface area contributed by atoms with Crippen molar-refractivity contribution in [3.05, 3.63) is 34.3 Å². The van der Waals surface area contributed by atoms with Gasteiger partial charge in [0.1, 0.15) is 0 Å². The van der Waals surface area contributed by atoms with Crippen LogP contribution in [0.1, 0.15) is 44.6 Å². The molecule has 1 saturated carbocycles. The molecule has 0 radical (unpaired) electrons. The summed E-state index contributed by atoms with van der Waals surface area (Å²) in [6.07, 6.45) is 5.17. The van der Waals surface area contributed by atoms with Crippen LogP contribution in [-0.2, 0) is 10.2 Å². The number of likely N-dealkylation sites (tertiary alicyclic amines) is 1. The SMILES string of the molecule is CCNC(=NCC1(c2cccc(Br)c2)CC1)NCCC(=O)N1CCCC1. The van der Waals surface area contributed by atoms with E-state index in [0.717, 1.165) is 49.5 Å². The average Bonchev–Trinajstić information content (AvgIpc) is 3.22. The number of hydrogen-bond acceptors (Lipinski definition) is 2. The van der Waals surface area contributed by atoms with Crippen molar-refractivity contribution in [3.8, 4) is 0 Å². The van der Waals surface area contributed by atoms with E-state index in [1.54, 1.807) is 0 Å². The zero-order valence-electron chi connectivity index (χ0n) is 15.6.